The Bertz CT molecular complexity index is 1310. The van der Waals surface area contributed by atoms with E-state index in [0.29, 0.717) is 10.2 Å². The van der Waals surface area contributed by atoms with E-state index in [1.165, 1.54) is 32.0 Å². The Labute approximate surface area is 174 Å². The molecule has 1 aliphatic rings. The fourth-order valence-corrected chi connectivity index (χ4v) is 5.81. The highest BCUT2D eigenvalue weighted by Gasteiger charge is 2.31. The molecule has 0 aliphatic carbocycles. The highest BCUT2D eigenvalue weighted by molar-refractivity contribution is 7.89. The molecule has 0 saturated carbocycles. The molecule has 0 radical (unpaired) electrons. The van der Waals surface area contributed by atoms with Crippen molar-refractivity contribution >= 4 is 37.5 Å². The van der Waals surface area contributed by atoms with Crippen molar-refractivity contribution in [2.75, 3.05) is 26.2 Å². The highest BCUT2D eigenvalue weighted by atomic mass is 32.2. The zero-order valence-corrected chi connectivity index (χ0v) is 17.5. The molecule has 11 heteroatoms. The van der Waals surface area contributed by atoms with Gasteiger partial charge in [-0.3, -0.25) is 9.59 Å². The van der Waals surface area contributed by atoms with Gasteiger partial charge in [-0.2, -0.15) is 4.31 Å². The molecule has 1 fully saturated rings. The van der Waals surface area contributed by atoms with Crippen molar-refractivity contribution in [3.8, 4) is 0 Å². The molecule has 7 nitrogen and oxygen atoms in total. The summed E-state index contributed by atoms with van der Waals surface area (Å²) in [6.45, 7) is 0.386. The van der Waals surface area contributed by atoms with Crippen LogP contribution in [-0.2, 0) is 17.1 Å². The second-order valence-electron chi connectivity index (χ2n) is 6.88. The number of sulfonamides is 1. The lowest BCUT2D eigenvalue weighted by molar-refractivity contribution is 0.0697. The minimum atomic E-state index is -3.80. The third-order valence-corrected chi connectivity index (χ3v) is 7.98. The lowest BCUT2D eigenvalue weighted by atomic mass is 10.1. The second-order valence-corrected chi connectivity index (χ2v) is 9.81. The zero-order valence-electron chi connectivity index (χ0n) is 15.8. The molecule has 0 spiro atoms. The Balaban J connectivity index is 1.51. The summed E-state index contributed by atoms with van der Waals surface area (Å²) in [6, 6.07) is 7.46. The predicted molar refractivity (Wildman–Crippen MR) is 108 cm³/mol. The van der Waals surface area contributed by atoms with Crippen LogP contribution in [0.4, 0.5) is 8.78 Å². The third kappa shape index (κ3) is 3.53. The molecule has 1 saturated heterocycles. The fourth-order valence-electron chi connectivity index (χ4n) is 3.37. The van der Waals surface area contributed by atoms with Crippen LogP contribution in [0.15, 0.2) is 46.1 Å². The number of hydrogen-bond acceptors (Lipinski definition) is 5. The van der Waals surface area contributed by atoms with Gasteiger partial charge >= 0.3 is 4.87 Å². The maximum absolute atomic E-state index is 13.4. The first kappa shape index (κ1) is 20.6. The summed E-state index contributed by atoms with van der Waals surface area (Å²) in [5.74, 6) is -2.63. The number of thiazole rings is 1. The largest absolute Gasteiger partial charge is 0.336 e. The molecular weight excluding hydrogens is 436 g/mol. The molecule has 3 aromatic rings. The minimum Gasteiger partial charge on any atom is -0.336 e. The van der Waals surface area contributed by atoms with E-state index in [-0.39, 0.29) is 41.5 Å². The van der Waals surface area contributed by atoms with E-state index in [4.69, 9.17) is 0 Å². The van der Waals surface area contributed by atoms with E-state index < -0.39 is 27.6 Å². The van der Waals surface area contributed by atoms with E-state index in [0.717, 1.165) is 23.5 Å². The second kappa shape index (κ2) is 7.56. The number of aromatic nitrogens is 1. The van der Waals surface area contributed by atoms with Gasteiger partial charge in [0.15, 0.2) is 11.6 Å². The Morgan fingerprint density at radius 3 is 2.37 bits per heavy atom. The molecule has 0 unspecified atom stereocenters. The number of carbonyl (C=O) groups excluding carboxylic acids is 1. The van der Waals surface area contributed by atoms with Gasteiger partial charge in [0.25, 0.3) is 5.91 Å². The Morgan fingerprint density at radius 2 is 1.70 bits per heavy atom. The number of aryl methyl sites for hydroxylation is 1. The van der Waals surface area contributed by atoms with Crippen molar-refractivity contribution < 1.29 is 22.0 Å². The highest BCUT2D eigenvalue weighted by Crippen LogP contribution is 2.24. The SMILES string of the molecule is Cn1c(=O)sc2cc(S(=O)(=O)N3CCN(C(=O)c4ccc(F)c(F)c4)CC3)ccc21. The molecule has 2 heterocycles. The van der Waals surface area contributed by atoms with E-state index in [1.54, 1.807) is 13.1 Å². The van der Waals surface area contributed by atoms with Crippen molar-refractivity contribution in [3.05, 3.63) is 63.3 Å². The monoisotopic (exact) mass is 453 g/mol. The predicted octanol–water partition coefficient (Wildman–Crippen LogP) is 2.02. The maximum atomic E-state index is 13.4. The number of rotatable bonds is 3. The lowest BCUT2D eigenvalue weighted by Crippen LogP contribution is -2.50. The quantitative estimate of drug-likeness (QED) is 0.608. The van der Waals surface area contributed by atoms with Crippen molar-refractivity contribution in [2.24, 2.45) is 7.05 Å². The van der Waals surface area contributed by atoms with Crippen molar-refractivity contribution in [3.63, 3.8) is 0 Å². The van der Waals surface area contributed by atoms with Crippen LogP contribution in [0.2, 0.25) is 0 Å². The van der Waals surface area contributed by atoms with Crippen LogP contribution in [0.25, 0.3) is 10.2 Å². The molecule has 1 aliphatic heterocycles. The van der Waals surface area contributed by atoms with Crippen molar-refractivity contribution in [1.29, 1.82) is 0 Å². The van der Waals surface area contributed by atoms with Gasteiger partial charge in [-0.15, -0.1) is 0 Å². The van der Waals surface area contributed by atoms with Gasteiger partial charge < -0.3 is 9.47 Å². The van der Waals surface area contributed by atoms with Gasteiger partial charge in [0.1, 0.15) is 0 Å². The summed E-state index contributed by atoms with van der Waals surface area (Å²) in [5, 5.41) is 0. The molecule has 1 amide bonds. The first-order valence-corrected chi connectivity index (χ1v) is 11.3. The standard InChI is InChI=1S/C19H17F2N3O4S2/c1-22-16-5-3-13(11-17(16)29-19(22)26)30(27,28)24-8-6-23(7-9-24)18(25)12-2-4-14(20)15(21)10-12/h2-5,10-11H,6-9H2,1H3. The minimum absolute atomic E-state index is 0.00893. The Kier molecular flexibility index (Phi) is 5.20. The zero-order chi connectivity index (χ0) is 21.6. The summed E-state index contributed by atoms with van der Waals surface area (Å²) in [5.41, 5.74) is 0.667. The third-order valence-electron chi connectivity index (χ3n) is 5.09. The van der Waals surface area contributed by atoms with Crippen LogP contribution >= 0.6 is 11.3 Å². The van der Waals surface area contributed by atoms with Gasteiger partial charge in [0.2, 0.25) is 10.0 Å². The van der Waals surface area contributed by atoms with Crippen molar-refractivity contribution in [2.45, 2.75) is 4.90 Å². The summed E-state index contributed by atoms with van der Waals surface area (Å²) in [6.07, 6.45) is 0. The number of amides is 1. The number of nitrogens with zero attached hydrogens (tertiary/aromatic N) is 3. The molecular formula is C19H17F2N3O4S2. The molecule has 0 N–H and O–H groups in total. The number of carbonyl (C=O) groups is 1. The molecule has 0 atom stereocenters. The number of hydrogen-bond donors (Lipinski definition) is 0. The van der Waals surface area contributed by atoms with Gasteiger partial charge in [0.05, 0.1) is 15.1 Å². The summed E-state index contributed by atoms with van der Waals surface area (Å²) in [4.78, 5) is 25.6. The van der Waals surface area contributed by atoms with Crippen LogP contribution in [0.1, 0.15) is 10.4 Å². The molecule has 30 heavy (non-hydrogen) atoms. The van der Waals surface area contributed by atoms with Gasteiger partial charge in [0, 0.05) is 38.8 Å². The van der Waals surface area contributed by atoms with Crippen molar-refractivity contribution in [1.82, 2.24) is 13.8 Å². The van der Waals surface area contributed by atoms with Crippen LogP contribution in [0.5, 0.6) is 0 Å². The summed E-state index contributed by atoms with van der Waals surface area (Å²) >= 11 is 0.974. The number of fused-ring (bicyclic) bond motifs is 1. The first-order chi connectivity index (χ1) is 14.2. The Hall–Kier alpha value is -2.63. The van der Waals surface area contributed by atoms with E-state index in [2.05, 4.69) is 0 Å². The average molecular weight is 453 g/mol. The number of halogens is 2. The van der Waals surface area contributed by atoms with E-state index in [9.17, 15) is 26.8 Å². The average Bonchev–Trinajstić information content (AvgIpc) is 3.02. The number of piperazine rings is 1. The first-order valence-electron chi connectivity index (χ1n) is 9.02. The van der Waals surface area contributed by atoms with Gasteiger partial charge in [-0.25, -0.2) is 17.2 Å². The number of benzene rings is 2. The van der Waals surface area contributed by atoms with Crippen LogP contribution in [0, 0.1) is 11.6 Å². The van der Waals surface area contributed by atoms with Crippen LogP contribution < -0.4 is 4.87 Å². The molecule has 4 rings (SSSR count). The smallest absolute Gasteiger partial charge is 0.307 e. The molecule has 2 aromatic carbocycles. The van der Waals surface area contributed by atoms with E-state index in [1.807, 2.05) is 0 Å². The van der Waals surface area contributed by atoms with Crippen LogP contribution in [-0.4, -0.2) is 54.3 Å². The lowest BCUT2D eigenvalue weighted by Gasteiger charge is -2.34. The maximum Gasteiger partial charge on any atom is 0.307 e. The summed E-state index contributed by atoms with van der Waals surface area (Å²) in [7, 11) is -2.18. The molecule has 1 aromatic heterocycles. The van der Waals surface area contributed by atoms with Gasteiger partial charge in [-0.05, 0) is 36.4 Å². The Morgan fingerprint density at radius 1 is 1.00 bits per heavy atom. The van der Waals surface area contributed by atoms with Crippen LogP contribution in [0.3, 0.4) is 0 Å². The normalized spacial score (nSPS) is 15.6. The fraction of sp³-hybridized carbons (Fsp3) is 0.263. The summed E-state index contributed by atoms with van der Waals surface area (Å²) < 4.78 is 55.8. The molecule has 0 bridgehead atoms. The molecule has 158 valence electrons. The van der Waals surface area contributed by atoms with E-state index >= 15 is 0 Å². The van der Waals surface area contributed by atoms with Gasteiger partial charge in [-0.1, -0.05) is 11.3 Å². The topological polar surface area (TPSA) is 79.7 Å².